The highest BCUT2D eigenvalue weighted by Gasteiger charge is 2.05. The molecular formula is C13H17N5O. The lowest BCUT2D eigenvalue weighted by Gasteiger charge is -2.09. The smallest absolute Gasteiger partial charge is 0.224 e. The van der Waals surface area contributed by atoms with Crippen molar-refractivity contribution < 1.29 is 4.79 Å². The summed E-state index contributed by atoms with van der Waals surface area (Å²) in [5, 5.41) is 6.86. The van der Waals surface area contributed by atoms with E-state index in [2.05, 4.69) is 15.4 Å². The summed E-state index contributed by atoms with van der Waals surface area (Å²) in [6.45, 7) is 2.61. The summed E-state index contributed by atoms with van der Waals surface area (Å²) in [5.41, 5.74) is 8.13. The molecule has 19 heavy (non-hydrogen) atoms. The largest absolute Gasteiger partial charge is 0.399 e. The summed E-state index contributed by atoms with van der Waals surface area (Å²) < 4.78 is 1.71. The minimum atomic E-state index is -0.00649. The number of anilines is 2. The molecule has 2 aromatic rings. The first-order chi connectivity index (χ1) is 9.15. The van der Waals surface area contributed by atoms with Gasteiger partial charge < -0.3 is 11.1 Å². The average molecular weight is 259 g/mol. The Morgan fingerprint density at radius 2 is 2.32 bits per heavy atom. The number of aryl methyl sites for hydroxylation is 2. The quantitative estimate of drug-likeness (QED) is 0.798. The van der Waals surface area contributed by atoms with Gasteiger partial charge in [-0.2, -0.15) is 5.10 Å². The molecule has 6 heteroatoms. The van der Waals surface area contributed by atoms with E-state index in [0.717, 1.165) is 17.7 Å². The van der Waals surface area contributed by atoms with E-state index in [1.54, 1.807) is 17.1 Å². The van der Waals surface area contributed by atoms with Gasteiger partial charge in [-0.1, -0.05) is 0 Å². The Labute approximate surface area is 111 Å². The van der Waals surface area contributed by atoms with Gasteiger partial charge >= 0.3 is 0 Å². The van der Waals surface area contributed by atoms with Gasteiger partial charge in [-0.25, -0.2) is 4.98 Å². The van der Waals surface area contributed by atoms with Gasteiger partial charge in [0.15, 0.2) is 0 Å². The van der Waals surface area contributed by atoms with E-state index in [1.165, 1.54) is 6.33 Å². The molecule has 0 saturated heterocycles. The molecule has 0 fully saturated rings. The summed E-state index contributed by atoms with van der Waals surface area (Å²) in [4.78, 5) is 15.6. The second-order valence-electron chi connectivity index (χ2n) is 4.38. The number of hydrogen-bond acceptors (Lipinski definition) is 4. The van der Waals surface area contributed by atoms with Gasteiger partial charge in [-0.15, -0.1) is 0 Å². The lowest BCUT2D eigenvalue weighted by molar-refractivity contribution is -0.116. The number of amides is 1. The molecule has 0 bridgehead atoms. The monoisotopic (exact) mass is 259 g/mol. The molecule has 1 aromatic heterocycles. The minimum absolute atomic E-state index is 0.00649. The van der Waals surface area contributed by atoms with Crippen molar-refractivity contribution in [3.63, 3.8) is 0 Å². The van der Waals surface area contributed by atoms with Crippen LogP contribution in [0.1, 0.15) is 18.4 Å². The highest BCUT2D eigenvalue weighted by atomic mass is 16.1. The lowest BCUT2D eigenvalue weighted by atomic mass is 10.1. The number of nitrogen functional groups attached to an aromatic ring is 1. The van der Waals surface area contributed by atoms with Crippen LogP contribution in [0.3, 0.4) is 0 Å². The van der Waals surface area contributed by atoms with Crippen LogP contribution in [-0.2, 0) is 11.3 Å². The van der Waals surface area contributed by atoms with Crippen molar-refractivity contribution >= 4 is 17.3 Å². The van der Waals surface area contributed by atoms with Crippen LogP contribution in [0.5, 0.6) is 0 Å². The Morgan fingerprint density at radius 3 is 3.00 bits per heavy atom. The SMILES string of the molecule is Cc1cc(N)ccc1NC(=O)CCCn1cncn1. The number of carbonyl (C=O) groups is 1. The molecule has 0 atom stereocenters. The Morgan fingerprint density at radius 1 is 1.47 bits per heavy atom. The Bertz CT molecular complexity index is 550. The number of rotatable bonds is 5. The van der Waals surface area contributed by atoms with Gasteiger partial charge in [-0.05, 0) is 37.1 Å². The summed E-state index contributed by atoms with van der Waals surface area (Å²) >= 11 is 0. The first-order valence-electron chi connectivity index (χ1n) is 6.13. The van der Waals surface area contributed by atoms with Crippen LogP contribution < -0.4 is 11.1 Å². The Kier molecular flexibility index (Phi) is 4.12. The van der Waals surface area contributed by atoms with Crippen LogP contribution in [0.15, 0.2) is 30.9 Å². The predicted octanol–water partition coefficient (Wildman–Crippen LogP) is 1.59. The fourth-order valence-corrected chi connectivity index (χ4v) is 1.79. The number of nitrogens with two attached hydrogens (primary N) is 1. The Hall–Kier alpha value is -2.37. The van der Waals surface area contributed by atoms with Crippen LogP contribution in [0, 0.1) is 6.92 Å². The fraction of sp³-hybridized carbons (Fsp3) is 0.308. The zero-order chi connectivity index (χ0) is 13.7. The first kappa shape index (κ1) is 13.1. The normalized spacial score (nSPS) is 10.4. The number of nitrogens with zero attached hydrogens (tertiary/aromatic N) is 3. The van der Waals surface area contributed by atoms with E-state index < -0.39 is 0 Å². The minimum Gasteiger partial charge on any atom is -0.399 e. The zero-order valence-corrected chi connectivity index (χ0v) is 10.8. The molecule has 6 nitrogen and oxygen atoms in total. The van der Waals surface area contributed by atoms with E-state index in [1.807, 2.05) is 19.1 Å². The molecule has 0 aliphatic heterocycles. The Balaban J connectivity index is 1.80. The molecule has 0 saturated carbocycles. The van der Waals surface area contributed by atoms with Crippen molar-refractivity contribution in [1.82, 2.24) is 14.8 Å². The number of benzene rings is 1. The predicted molar refractivity (Wildman–Crippen MR) is 73.5 cm³/mol. The van der Waals surface area contributed by atoms with Crippen LogP contribution >= 0.6 is 0 Å². The summed E-state index contributed by atoms with van der Waals surface area (Å²) in [6.07, 6.45) is 4.30. The maximum Gasteiger partial charge on any atom is 0.224 e. The van der Waals surface area contributed by atoms with Gasteiger partial charge in [0.2, 0.25) is 5.91 Å². The molecule has 3 N–H and O–H groups in total. The van der Waals surface area contributed by atoms with E-state index >= 15 is 0 Å². The molecule has 0 spiro atoms. The summed E-state index contributed by atoms with van der Waals surface area (Å²) in [6, 6.07) is 5.43. The molecule has 0 unspecified atom stereocenters. The van der Waals surface area contributed by atoms with Crippen molar-refractivity contribution in [2.75, 3.05) is 11.1 Å². The highest BCUT2D eigenvalue weighted by molar-refractivity contribution is 5.91. The third-order valence-electron chi connectivity index (χ3n) is 2.78. The maximum atomic E-state index is 11.8. The molecule has 0 radical (unpaired) electrons. The highest BCUT2D eigenvalue weighted by Crippen LogP contribution is 2.17. The number of carbonyl (C=O) groups excluding carboxylic acids is 1. The fourth-order valence-electron chi connectivity index (χ4n) is 1.79. The number of hydrogen-bond donors (Lipinski definition) is 2. The van der Waals surface area contributed by atoms with Crippen LogP contribution in [0.2, 0.25) is 0 Å². The van der Waals surface area contributed by atoms with Gasteiger partial charge in [0.1, 0.15) is 12.7 Å². The summed E-state index contributed by atoms with van der Waals surface area (Å²) in [5.74, 6) is -0.00649. The topological polar surface area (TPSA) is 85.8 Å². The molecule has 100 valence electrons. The second kappa shape index (κ2) is 5.99. The summed E-state index contributed by atoms with van der Waals surface area (Å²) in [7, 11) is 0. The average Bonchev–Trinajstić information content (AvgIpc) is 2.86. The molecule has 1 amide bonds. The van der Waals surface area contributed by atoms with Gasteiger partial charge in [0, 0.05) is 24.3 Å². The molecule has 1 heterocycles. The van der Waals surface area contributed by atoms with Gasteiger partial charge in [0.05, 0.1) is 0 Å². The van der Waals surface area contributed by atoms with E-state index in [0.29, 0.717) is 18.7 Å². The number of aromatic nitrogens is 3. The maximum absolute atomic E-state index is 11.8. The van der Waals surface area contributed by atoms with Crippen molar-refractivity contribution in [2.24, 2.45) is 0 Å². The van der Waals surface area contributed by atoms with Crippen LogP contribution in [0.25, 0.3) is 0 Å². The zero-order valence-electron chi connectivity index (χ0n) is 10.8. The molecule has 1 aromatic carbocycles. The van der Waals surface area contributed by atoms with Crippen LogP contribution in [-0.4, -0.2) is 20.7 Å². The third-order valence-corrected chi connectivity index (χ3v) is 2.78. The molecule has 0 aliphatic carbocycles. The van der Waals surface area contributed by atoms with Crippen molar-refractivity contribution in [3.8, 4) is 0 Å². The molecule has 2 rings (SSSR count). The van der Waals surface area contributed by atoms with Crippen LogP contribution in [0.4, 0.5) is 11.4 Å². The lowest BCUT2D eigenvalue weighted by Crippen LogP contribution is -2.13. The third kappa shape index (κ3) is 3.80. The molecule has 0 aliphatic rings. The second-order valence-corrected chi connectivity index (χ2v) is 4.38. The van der Waals surface area contributed by atoms with Crippen molar-refractivity contribution in [3.05, 3.63) is 36.4 Å². The van der Waals surface area contributed by atoms with E-state index in [-0.39, 0.29) is 5.91 Å². The molecular weight excluding hydrogens is 242 g/mol. The van der Waals surface area contributed by atoms with Gasteiger partial charge in [0.25, 0.3) is 0 Å². The van der Waals surface area contributed by atoms with E-state index in [9.17, 15) is 4.79 Å². The first-order valence-corrected chi connectivity index (χ1v) is 6.13. The van der Waals surface area contributed by atoms with E-state index in [4.69, 9.17) is 5.73 Å². The van der Waals surface area contributed by atoms with Crippen molar-refractivity contribution in [1.29, 1.82) is 0 Å². The van der Waals surface area contributed by atoms with Crippen molar-refractivity contribution in [2.45, 2.75) is 26.3 Å². The number of nitrogens with one attached hydrogen (secondary N) is 1. The van der Waals surface area contributed by atoms with Gasteiger partial charge in [-0.3, -0.25) is 9.48 Å². The standard InChI is InChI=1S/C13H17N5O/c1-10-7-11(14)4-5-12(10)17-13(19)3-2-6-18-9-15-8-16-18/h4-5,7-9H,2-3,6,14H2,1H3,(H,17,19).